The van der Waals surface area contributed by atoms with Crippen molar-refractivity contribution in [3.8, 4) is 11.3 Å². The van der Waals surface area contributed by atoms with E-state index in [0.717, 1.165) is 53.2 Å². The van der Waals surface area contributed by atoms with E-state index in [4.69, 9.17) is 0 Å². The summed E-state index contributed by atoms with van der Waals surface area (Å²) in [6, 6.07) is 23.8. The molecule has 2 heterocycles. The van der Waals surface area contributed by atoms with E-state index in [0.29, 0.717) is 12.2 Å². The summed E-state index contributed by atoms with van der Waals surface area (Å²) < 4.78 is 0. The molecule has 2 aromatic carbocycles. The van der Waals surface area contributed by atoms with Gasteiger partial charge in [0.15, 0.2) is 5.78 Å². The van der Waals surface area contributed by atoms with Crippen LogP contribution in [0.2, 0.25) is 0 Å². The number of para-hydroxylation sites is 1. The van der Waals surface area contributed by atoms with E-state index >= 15 is 0 Å². The number of H-pyrrole nitrogens is 1. The van der Waals surface area contributed by atoms with Crippen molar-refractivity contribution in [3.63, 3.8) is 0 Å². The SMILES string of the molecule is O=C1CCCc2[nH]c(-c3ccnc(NC(=O)[C@H]4C[C@@H]4c4ccccc4)c3)c(Nc3ccccc3)c21. The molecule has 4 aromatic rings. The minimum absolute atomic E-state index is 0.00732. The zero-order valence-corrected chi connectivity index (χ0v) is 19.3. The standard InChI is InChI=1S/C29H26N4O2/c34-24-13-7-12-23-26(24)28(31-20-10-5-2-6-11-20)27(32-23)19-14-15-30-25(16-19)33-29(35)22-17-21(22)18-8-3-1-4-9-18/h1-6,8-11,14-16,21-22,31-32H,7,12-13,17H2,(H,30,33,35)/t21-,22+/m1/s1. The van der Waals surface area contributed by atoms with Crippen LogP contribution in [0.1, 0.15) is 46.8 Å². The first-order valence-corrected chi connectivity index (χ1v) is 12.1. The summed E-state index contributed by atoms with van der Waals surface area (Å²) in [5.74, 6) is 0.883. The number of hydrogen-bond donors (Lipinski definition) is 3. The van der Waals surface area contributed by atoms with Gasteiger partial charge in [0.05, 0.1) is 16.9 Å². The Morgan fingerprint density at radius 3 is 2.54 bits per heavy atom. The molecule has 6 rings (SSSR count). The Labute approximate surface area is 203 Å². The highest BCUT2D eigenvalue weighted by Gasteiger charge is 2.44. The van der Waals surface area contributed by atoms with Crippen LogP contribution < -0.4 is 10.6 Å². The van der Waals surface area contributed by atoms with Crippen LogP contribution in [0.3, 0.4) is 0 Å². The Hall–Kier alpha value is -4.19. The molecule has 0 spiro atoms. The van der Waals surface area contributed by atoms with E-state index in [9.17, 15) is 9.59 Å². The van der Waals surface area contributed by atoms with Crippen molar-refractivity contribution in [1.29, 1.82) is 0 Å². The number of fused-ring (bicyclic) bond motifs is 1. The molecular formula is C29H26N4O2. The van der Waals surface area contributed by atoms with Gasteiger partial charge in [-0.05, 0) is 55.0 Å². The number of nitrogens with one attached hydrogen (secondary N) is 3. The van der Waals surface area contributed by atoms with Gasteiger partial charge in [0, 0.05) is 35.5 Å². The van der Waals surface area contributed by atoms with Crippen LogP contribution in [0.25, 0.3) is 11.3 Å². The zero-order valence-electron chi connectivity index (χ0n) is 19.3. The monoisotopic (exact) mass is 462 g/mol. The molecule has 35 heavy (non-hydrogen) atoms. The number of rotatable bonds is 6. The largest absolute Gasteiger partial charge is 0.356 e. The quantitative estimate of drug-likeness (QED) is 0.324. The molecule has 1 amide bonds. The highest BCUT2D eigenvalue weighted by Crippen LogP contribution is 2.48. The summed E-state index contributed by atoms with van der Waals surface area (Å²) in [4.78, 5) is 33.6. The normalized spacial score (nSPS) is 18.6. The number of ketones is 1. The second kappa shape index (κ2) is 8.87. The van der Waals surface area contributed by atoms with Gasteiger partial charge in [0.1, 0.15) is 5.82 Å². The smallest absolute Gasteiger partial charge is 0.229 e. The number of aromatic nitrogens is 2. The van der Waals surface area contributed by atoms with Gasteiger partial charge in [-0.25, -0.2) is 4.98 Å². The summed E-state index contributed by atoms with van der Waals surface area (Å²) in [7, 11) is 0. The topological polar surface area (TPSA) is 86.9 Å². The summed E-state index contributed by atoms with van der Waals surface area (Å²) in [5, 5.41) is 6.46. The predicted octanol–water partition coefficient (Wildman–Crippen LogP) is 6.08. The third kappa shape index (κ3) is 4.23. The van der Waals surface area contributed by atoms with Crippen molar-refractivity contribution in [3.05, 3.63) is 95.8 Å². The lowest BCUT2D eigenvalue weighted by atomic mass is 9.95. The molecule has 2 aliphatic carbocycles. The molecule has 1 fully saturated rings. The molecule has 6 heteroatoms. The minimum atomic E-state index is -0.0337. The number of carbonyl (C=O) groups is 2. The minimum Gasteiger partial charge on any atom is -0.356 e. The van der Waals surface area contributed by atoms with E-state index < -0.39 is 0 Å². The van der Waals surface area contributed by atoms with Crippen LogP contribution >= 0.6 is 0 Å². The van der Waals surface area contributed by atoms with Crippen molar-refractivity contribution in [1.82, 2.24) is 9.97 Å². The van der Waals surface area contributed by atoms with Gasteiger partial charge >= 0.3 is 0 Å². The summed E-state index contributed by atoms with van der Waals surface area (Å²) >= 11 is 0. The first kappa shape index (κ1) is 21.4. The number of Topliss-reactive ketones (excluding diaryl/α,β-unsaturated/α-hetero) is 1. The fourth-order valence-electron chi connectivity index (χ4n) is 5.03. The third-order valence-electron chi connectivity index (χ3n) is 6.89. The summed E-state index contributed by atoms with van der Waals surface area (Å²) in [6.45, 7) is 0. The van der Waals surface area contributed by atoms with E-state index in [1.54, 1.807) is 6.20 Å². The van der Waals surface area contributed by atoms with Gasteiger partial charge in [0.2, 0.25) is 5.91 Å². The lowest BCUT2D eigenvalue weighted by Crippen LogP contribution is -2.15. The maximum absolute atomic E-state index is 12.9. The number of nitrogens with zero attached hydrogens (tertiary/aromatic N) is 1. The summed E-state index contributed by atoms with van der Waals surface area (Å²) in [6.07, 6.45) is 4.78. The number of aryl methyl sites for hydroxylation is 1. The molecule has 2 aliphatic rings. The molecule has 0 unspecified atom stereocenters. The molecular weight excluding hydrogens is 436 g/mol. The molecule has 0 aliphatic heterocycles. The molecule has 2 atom stereocenters. The number of anilines is 3. The fraction of sp³-hybridized carbons (Fsp3) is 0.207. The Morgan fingerprint density at radius 2 is 1.74 bits per heavy atom. The number of aromatic amines is 1. The molecule has 6 nitrogen and oxygen atoms in total. The van der Waals surface area contributed by atoms with Crippen LogP contribution in [0, 0.1) is 5.92 Å². The van der Waals surface area contributed by atoms with E-state index in [-0.39, 0.29) is 23.5 Å². The predicted molar refractivity (Wildman–Crippen MR) is 137 cm³/mol. The molecule has 0 saturated heterocycles. The maximum Gasteiger partial charge on any atom is 0.229 e. The average molecular weight is 463 g/mol. The lowest BCUT2D eigenvalue weighted by molar-refractivity contribution is -0.117. The number of carbonyl (C=O) groups excluding carboxylic acids is 2. The Morgan fingerprint density at radius 1 is 0.971 bits per heavy atom. The number of benzene rings is 2. The van der Waals surface area contributed by atoms with Crippen molar-refractivity contribution in [2.75, 3.05) is 10.6 Å². The first-order chi connectivity index (χ1) is 17.2. The second-order valence-electron chi connectivity index (χ2n) is 9.27. The van der Waals surface area contributed by atoms with Crippen molar-refractivity contribution in [2.24, 2.45) is 5.92 Å². The van der Waals surface area contributed by atoms with E-state index in [2.05, 4.69) is 32.7 Å². The molecule has 174 valence electrons. The van der Waals surface area contributed by atoms with Gasteiger partial charge < -0.3 is 15.6 Å². The van der Waals surface area contributed by atoms with E-state index in [1.165, 1.54) is 5.56 Å². The average Bonchev–Trinajstić information content (AvgIpc) is 3.61. The van der Waals surface area contributed by atoms with Gasteiger partial charge in [-0.2, -0.15) is 0 Å². The van der Waals surface area contributed by atoms with Crippen molar-refractivity contribution < 1.29 is 9.59 Å². The van der Waals surface area contributed by atoms with Gasteiger partial charge in [-0.1, -0.05) is 48.5 Å². The van der Waals surface area contributed by atoms with E-state index in [1.807, 2.05) is 60.7 Å². The number of amides is 1. The van der Waals surface area contributed by atoms with Crippen LogP contribution in [0.4, 0.5) is 17.2 Å². The number of hydrogen-bond acceptors (Lipinski definition) is 4. The van der Waals surface area contributed by atoms with Crippen LogP contribution in [-0.4, -0.2) is 21.7 Å². The molecule has 3 N–H and O–H groups in total. The van der Waals surface area contributed by atoms with Gasteiger partial charge in [0.25, 0.3) is 0 Å². The fourth-order valence-corrected chi connectivity index (χ4v) is 5.03. The van der Waals surface area contributed by atoms with Crippen molar-refractivity contribution in [2.45, 2.75) is 31.6 Å². The van der Waals surface area contributed by atoms with Crippen LogP contribution in [0.15, 0.2) is 79.0 Å². The molecule has 2 aromatic heterocycles. The Balaban J connectivity index is 1.28. The second-order valence-corrected chi connectivity index (χ2v) is 9.27. The van der Waals surface area contributed by atoms with Crippen LogP contribution in [-0.2, 0) is 11.2 Å². The number of pyridine rings is 1. The Bertz CT molecular complexity index is 1390. The molecule has 1 saturated carbocycles. The third-order valence-corrected chi connectivity index (χ3v) is 6.89. The van der Waals surface area contributed by atoms with Gasteiger partial charge in [-0.3, -0.25) is 9.59 Å². The first-order valence-electron chi connectivity index (χ1n) is 12.1. The summed E-state index contributed by atoms with van der Waals surface area (Å²) in [5.41, 5.74) is 6.30. The van der Waals surface area contributed by atoms with Gasteiger partial charge in [-0.15, -0.1) is 0 Å². The Kier molecular flexibility index (Phi) is 5.41. The van der Waals surface area contributed by atoms with Crippen LogP contribution in [0.5, 0.6) is 0 Å². The molecule has 0 radical (unpaired) electrons. The lowest BCUT2D eigenvalue weighted by Gasteiger charge is -2.14. The highest BCUT2D eigenvalue weighted by atomic mass is 16.2. The van der Waals surface area contributed by atoms with Crippen molar-refractivity contribution >= 4 is 28.9 Å². The zero-order chi connectivity index (χ0) is 23.8. The maximum atomic E-state index is 12.9. The molecule has 0 bridgehead atoms. The highest BCUT2D eigenvalue weighted by molar-refractivity contribution is 6.07.